The first-order valence-corrected chi connectivity index (χ1v) is 15.0. The summed E-state index contributed by atoms with van der Waals surface area (Å²) in [7, 11) is 1.68. The molecule has 3 aliphatic rings. The third-order valence-electron chi connectivity index (χ3n) is 9.59. The minimum atomic E-state index is -0.936. The summed E-state index contributed by atoms with van der Waals surface area (Å²) in [4.78, 5) is 29.4. The molecule has 1 saturated heterocycles. The molecule has 5 rings (SSSR count). The minimum absolute atomic E-state index is 0.0195. The van der Waals surface area contributed by atoms with Crippen molar-refractivity contribution in [3.05, 3.63) is 77.4 Å². The van der Waals surface area contributed by atoms with E-state index < -0.39 is 18.1 Å². The van der Waals surface area contributed by atoms with Gasteiger partial charge in [-0.25, -0.2) is 4.79 Å². The fourth-order valence-corrected chi connectivity index (χ4v) is 7.59. The number of carbonyl (C=O) groups is 2. The van der Waals surface area contributed by atoms with Gasteiger partial charge >= 0.3 is 5.97 Å². The Labute approximate surface area is 245 Å². The van der Waals surface area contributed by atoms with Crippen molar-refractivity contribution in [1.82, 2.24) is 10.2 Å². The van der Waals surface area contributed by atoms with Crippen LogP contribution in [0.25, 0.3) is 0 Å². The molecule has 1 aliphatic heterocycles. The second-order valence-corrected chi connectivity index (χ2v) is 14.3. The first-order valence-electron chi connectivity index (χ1n) is 15.0. The van der Waals surface area contributed by atoms with Gasteiger partial charge < -0.3 is 20.1 Å². The lowest BCUT2D eigenvalue weighted by atomic mass is 9.72. The monoisotopic (exact) mass is 558 g/mol. The van der Waals surface area contributed by atoms with Crippen molar-refractivity contribution in [2.45, 2.75) is 84.5 Å². The molecule has 1 amide bonds. The van der Waals surface area contributed by atoms with Crippen LogP contribution >= 0.6 is 0 Å². The van der Waals surface area contributed by atoms with Crippen LogP contribution in [0.3, 0.4) is 0 Å². The molecule has 7 atom stereocenters. The Morgan fingerprint density at radius 1 is 1.00 bits per heavy atom. The molecule has 1 saturated carbocycles. The van der Waals surface area contributed by atoms with Crippen molar-refractivity contribution < 1.29 is 19.4 Å². The predicted octanol–water partition coefficient (Wildman–Crippen LogP) is 6.36. The highest BCUT2D eigenvalue weighted by Gasteiger charge is 2.59. The highest BCUT2D eigenvalue weighted by Crippen LogP contribution is 2.51. The summed E-state index contributed by atoms with van der Waals surface area (Å²) in [5.41, 5.74) is 2.79. The first-order chi connectivity index (χ1) is 19.3. The summed E-state index contributed by atoms with van der Waals surface area (Å²) in [5.74, 6) is -0.0270. The molecule has 3 unspecified atom stereocenters. The molecule has 2 aromatic rings. The molecular weight excluding hydrogens is 512 g/mol. The maximum atomic E-state index is 14.5. The zero-order valence-electron chi connectivity index (χ0n) is 25.6. The molecule has 41 heavy (non-hydrogen) atoms. The van der Waals surface area contributed by atoms with Crippen LogP contribution in [0.1, 0.15) is 77.1 Å². The van der Waals surface area contributed by atoms with E-state index in [0.717, 1.165) is 29.7 Å². The van der Waals surface area contributed by atoms with E-state index >= 15 is 0 Å². The number of hydrogen-bond donors (Lipinski definition) is 2. The molecule has 0 radical (unpaired) electrons. The average Bonchev–Trinajstić information content (AvgIpc) is 3.64. The lowest BCUT2D eigenvalue weighted by molar-refractivity contribution is -0.154. The Kier molecular flexibility index (Phi) is 7.84. The van der Waals surface area contributed by atoms with Gasteiger partial charge in [0.05, 0.1) is 13.2 Å². The predicted molar refractivity (Wildman–Crippen MR) is 162 cm³/mol. The van der Waals surface area contributed by atoms with E-state index in [-0.39, 0.29) is 40.5 Å². The second-order valence-electron chi connectivity index (χ2n) is 14.3. The number of carboxylic acid groups (broad SMARTS) is 1. The van der Waals surface area contributed by atoms with Crippen LogP contribution in [0, 0.1) is 29.1 Å². The lowest BCUT2D eigenvalue weighted by Gasteiger charge is -2.36. The van der Waals surface area contributed by atoms with E-state index in [9.17, 15) is 14.7 Å². The molecule has 6 heteroatoms. The standard InChI is InChI=1S/C35H46N2O4/c1-34(2,3)25-15-16-27(41-7)24(19-25)20-36-29-28(35(4,5)6)31(33(39)40)37(30(29)22-11-9-8-10-12-22)32(38)26-18-21-13-14-23(26)17-21/h8-16,19,21,23,26,28-31,36H,17-18,20H2,1-7H3,(H,39,40)/t21?,23?,26?,28-,29-,30-,31-/m0/s1. The quantitative estimate of drug-likeness (QED) is 0.387. The van der Waals surface area contributed by atoms with Crippen LogP contribution in [0.4, 0.5) is 0 Å². The van der Waals surface area contributed by atoms with Crippen LogP contribution in [0.5, 0.6) is 5.75 Å². The Morgan fingerprint density at radius 2 is 1.71 bits per heavy atom. The topological polar surface area (TPSA) is 78.9 Å². The van der Waals surface area contributed by atoms with Gasteiger partial charge in [0.25, 0.3) is 0 Å². The lowest BCUT2D eigenvalue weighted by Crippen LogP contribution is -2.49. The molecule has 220 valence electrons. The van der Waals surface area contributed by atoms with Crippen LogP contribution in [0.15, 0.2) is 60.7 Å². The number of benzene rings is 2. The molecule has 2 aliphatic carbocycles. The maximum absolute atomic E-state index is 14.5. The first kappa shape index (κ1) is 29.4. The summed E-state index contributed by atoms with van der Waals surface area (Å²) in [5, 5.41) is 14.6. The van der Waals surface area contributed by atoms with E-state index in [0.29, 0.717) is 12.5 Å². The van der Waals surface area contributed by atoms with Crippen molar-refractivity contribution in [2.24, 2.45) is 29.1 Å². The van der Waals surface area contributed by atoms with Crippen LogP contribution in [-0.4, -0.2) is 41.1 Å². The van der Waals surface area contributed by atoms with E-state index in [1.54, 1.807) is 12.0 Å². The molecule has 0 spiro atoms. The number of allylic oxidation sites excluding steroid dienone is 2. The van der Waals surface area contributed by atoms with Crippen molar-refractivity contribution in [2.75, 3.05) is 7.11 Å². The molecule has 1 heterocycles. The van der Waals surface area contributed by atoms with Gasteiger partial charge in [-0.3, -0.25) is 4.79 Å². The Morgan fingerprint density at radius 3 is 2.24 bits per heavy atom. The highest BCUT2D eigenvalue weighted by molar-refractivity contribution is 5.87. The van der Waals surface area contributed by atoms with Gasteiger partial charge in [0.1, 0.15) is 11.8 Å². The molecule has 2 aromatic carbocycles. The average molecular weight is 559 g/mol. The molecule has 2 fully saturated rings. The molecule has 0 aromatic heterocycles. The van der Waals surface area contributed by atoms with Crippen LogP contribution < -0.4 is 10.1 Å². The number of carbonyl (C=O) groups excluding carboxylic acids is 1. The zero-order valence-corrected chi connectivity index (χ0v) is 25.6. The number of carboxylic acids is 1. The van der Waals surface area contributed by atoms with Crippen LogP contribution in [-0.2, 0) is 21.5 Å². The summed E-state index contributed by atoms with van der Waals surface area (Å²) < 4.78 is 5.74. The third kappa shape index (κ3) is 5.55. The Bertz CT molecular complexity index is 1310. The van der Waals surface area contributed by atoms with E-state index in [1.165, 1.54) is 5.56 Å². The molecule has 6 nitrogen and oxygen atoms in total. The number of hydrogen-bond acceptors (Lipinski definition) is 4. The number of likely N-dealkylation sites (tertiary alicyclic amines) is 1. The van der Waals surface area contributed by atoms with Gasteiger partial charge in [0, 0.05) is 30.0 Å². The van der Waals surface area contributed by atoms with Gasteiger partial charge in [0.15, 0.2) is 0 Å². The van der Waals surface area contributed by atoms with Crippen molar-refractivity contribution >= 4 is 11.9 Å². The third-order valence-corrected chi connectivity index (χ3v) is 9.59. The molecule has 2 N–H and O–H groups in total. The van der Waals surface area contributed by atoms with Gasteiger partial charge in [-0.1, -0.05) is 96.2 Å². The maximum Gasteiger partial charge on any atom is 0.326 e. The number of nitrogens with one attached hydrogen (secondary N) is 1. The van der Waals surface area contributed by atoms with Gasteiger partial charge in [-0.05, 0) is 52.7 Å². The number of ether oxygens (including phenoxy) is 1. The fraction of sp³-hybridized carbons (Fsp3) is 0.543. The summed E-state index contributed by atoms with van der Waals surface area (Å²) in [6.07, 6.45) is 6.19. The van der Waals surface area contributed by atoms with E-state index in [4.69, 9.17) is 4.74 Å². The zero-order chi connectivity index (χ0) is 29.7. The number of nitrogens with zero attached hydrogens (tertiary/aromatic N) is 1. The van der Waals surface area contributed by atoms with Gasteiger partial charge in [0.2, 0.25) is 5.91 Å². The number of fused-ring (bicyclic) bond motifs is 2. The second kappa shape index (κ2) is 10.9. The fourth-order valence-electron chi connectivity index (χ4n) is 7.59. The van der Waals surface area contributed by atoms with Crippen molar-refractivity contribution in [3.8, 4) is 5.75 Å². The van der Waals surface area contributed by atoms with Gasteiger partial charge in [-0.15, -0.1) is 0 Å². The van der Waals surface area contributed by atoms with E-state index in [2.05, 4.69) is 71.1 Å². The highest BCUT2D eigenvalue weighted by atomic mass is 16.5. The molecule has 2 bridgehead atoms. The van der Waals surface area contributed by atoms with Crippen LogP contribution in [0.2, 0.25) is 0 Å². The largest absolute Gasteiger partial charge is 0.496 e. The normalized spacial score (nSPS) is 29.2. The number of amides is 1. The molecular formula is C35H46N2O4. The van der Waals surface area contributed by atoms with Crippen molar-refractivity contribution in [1.29, 1.82) is 0 Å². The number of rotatable bonds is 7. The van der Waals surface area contributed by atoms with Crippen molar-refractivity contribution in [3.63, 3.8) is 0 Å². The Balaban J connectivity index is 1.59. The minimum Gasteiger partial charge on any atom is -0.496 e. The Hall–Kier alpha value is -3.12. The SMILES string of the molecule is COc1ccc(C(C)(C)C)cc1CN[C@H]1[C@H](C(C)(C)C)[C@@H](C(=O)O)N(C(=O)C2CC3C=CC2C3)[C@H]1c1ccccc1. The summed E-state index contributed by atoms with van der Waals surface area (Å²) >= 11 is 0. The summed E-state index contributed by atoms with van der Waals surface area (Å²) in [6.45, 7) is 13.4. The number of methoxy groups -OCH3 is 1. The van der Waals surface area contributed by atoms with Gasteiger partial charge in [-0.2, -0.15) is 0 Å². The number of aliphatic carboxylic acids is 1. The van der Waals surface area contributed by atoms with E-state index in [1.807, 2.05) is 36.4 Å². The smallest absolute Gasteiger partial charge is 0.326 e. The summed E-state index contributed by atoms with van der Waals surface area (Å²) in [6, 6.07) is 14.7.